The van der Waals surface area contributed by atoms with Crippen LogP contribution in [0.15, 0.2) is 182 Å². The van der Waals surface area contributed by atoms with Crippen LogP contribution in [-0.4, -0.2) is 74.6 Å². The third kappa shape index (κ3) is 11.0. The van der Waals surface area contributed by atoms with Crippen LogP contribution in [0, 0.1) is 0 Å². The van der Waals surface area contributed by atoms with Gasteiger partial charge in [0, 0.05) is 0 Å². The molecule has 10 heteroatoms. The lowest BCUT2D eigenvalue weighted by Crippen LogP contribution is -2.63. The lowest BCUT2D eigenvalue weighted by atomic mass is 10.0. The predicted molar refractivity (Wildman–Crippen MR) is 239 cm³/mol. The van der Waals surface area contributed by atoms with Crippen molar-refractivity contribution < 1.29 is 47.4 Å². The first-order valence-electron chi connectivity index (χ1n) is 22.1. The molecule has 10 nitrogen and oxygen atoms in total. The molecule has 2 spiro atoms. The molecule has 0 saturated carbocycles. The van der Waals surface area contributed by atoms with E-state index < -0.39 is 48.2 Å². The quantitative estimate of drug-likeness (QED) is 0.0741. The Hall–Kier alpha value is -5.08. The van der Waals surface area contributed by atoms with Crippen LogP contribution in [0.5, 0.6) is 0 Å². The highest BCUT2D eigenvalue weighted by atomic mass is 16.8. The van der Waals surface area contributed by atoms with Crippen LogP contribution in [0.2, 0.25) is 0 Å². The highest BCUT2D eigenvalue weighted by molar-refractivity contribution is 5.19. The Bertz CT molecular complexity index is 2080. The van der Waals surface area contributed by atoms with E-state index in [4.69, 9.17) is 47.4 Å². The normalized spacial score (nSPS) is 26.4. The maximum absolute atomic E-state index is 7.05. The minimum absolute atomic E-state index is 0.0545. The summed E-state index contributed by atoms with van der Waals surface area (Å²) in [6.45, 7) is 2.41. The molecule has 0 aromatic heterocycles. The number of rotatable bonds is 20. The number of ether oxygens (including phenoxy) is 10. The highest BCUT2D eigenvalue weighted by Gasteiger charge is 2.67. The third-order valence-corrected chi connectivity index (χ3v) is 11.8. The van der Waals surface area contributed by atoms with Crippen LogP contribution in [0.25, 0.3) is 0 Å². The second kappa shape index (κ2) is 21.7. The molecular formula is C54H56O10. The van der Waals surface area contributed by atoms with Crippen molar-refractivity contribution in [2.75, 3.05) is 26.4 Å². The van der Waals surface area contributed by atoms with Crippen LogP contribution in [0.4, 0.5) is 0 Å². The van der Waals surface area contributed by atoms with Crippen LogP contribution in [-0.2, 0) is 87.0 Å². The van der Waals surface area contributed by atoms with Gasteiger partial charge in [0.15, 0.2) is 0 Å². The molecule has 3 heterocycles. The summed E-state index contributed by atoms with van der Waals surface area (Å²) in [7, 11) is 0. The fourth-order valence-corrected chi connectivity index (χ4v) is 8.54. The first kappa shape index (κ1) is 44.1. The second-order valence-electron chi connectivity index (χ2n) is 16.5. The number of hydrogen-bond donors (Lipinski definition) is 0. The van der Waals surface area contributed by atoms with Crippen molar-refractivity contribution in [1.29, 1.82) is 0 Å². The SMILES string of the molecule is c1ccc(COC[C@@H]2O[C@@]3(CO[C@@]4(CO3)O[C@H](COCc3ccccc3)[C@@H](OCc3ccccc3)[C@@H]4OCc3ccccc3)[C@@H](OCc3ccccc3)[C@@H]2OCc2ccccc2)cc1. The van der Waals surface area contributed by atoms with Crippen LogP contribution in [0.3, 0.4) is 0 Å². The van der Waals surface area contributed by atoms with Gasteiger partial charge >= 0.3 is 0 Å². The largest absolute Gasteiger partial charge is 0.374 e. The average Bonchev–Trinajstić information content (AvgIpc) is 3.80. The van der Waals surface area contributed by atoms with E-state index in [1.807, 2.05) is 182 Å². The molecule has 0 amide bonds. The maximum Gasteiger partial charge on any atom is 0.222 e. The summed E-state index contributed by atoms with van der Waals surface area (Å²) in [6, 6.07) is 60.4. The molecule has 0 radical (unpaired) electrons. The zero-order chi connectivity index (χ0) is 43.3. The molecule has 3 saturated heterocycles. The molecule has 6 aromatic rings. The molecule has 0 aliphatic carbocycles. The van der Waals surface area contributed by atoms with Crippen molar-refractivity contribution in [3.8, 4) is 0 Å². The fraction of sp³-hybridized carbons (Fsp3) is 0.333. The Morgan fingerprint density at radius 2 is 0.609 bits per heavy atom. The van der Waals surface area contributed by atoms with Gasteiger partial charge in [0.1, 0.15) is 49.8 Å². The molecule has 3 fully saturated rings. The van der Waals surface area contributed by atoms with Gasteiger partial charge in [-0.1, -0.05) is 182 Å². The molecule has 3 aliphatic heterocycles. The summed E-state index contributed by atoms with van der Waals surface area (Å²) >= 11 is 0. The van der Waals surface area contributed by atoms with Crippen molar-refractivity contribution in [2.24, 2.45) is 0 Å². The molecular weight excluding hydrogens is 809 g/mol. The zero-order valence-corrected chi connectivity index (χ0v) is 35.9. The van der Waals surface area contributed by atoms with E-state index in [1.54, 1.807) is 0 Å². The van der Waals surface area contributed by atoms with Gasteiger partial charge in [-0.2, -0.15) is 0 Å². The minimum atomic E-state index is -1.39. The van der Waals surface area contributed by atoms with Gasteiger partial charge in [-0.3, -0.25) is 0 Å². The summed E-state index contributed by atoms with van der Waals surface area (Å²) in [5.74, 6) is -2.78. The molecule has 0 unspecified atom stereocenters. The third-order valence-electron chi connectivity index (χ3n) is 11.8. The van der Waals surface area contributed by atoms with E-state index in [0.29, 0.717) is 39.6 Å². The van der Waals surface area contributed by atoms with Crippen molar-refractivity contribution in [1.82, 2.24) is 0 Å². The van der Waals surface area contributed by atoms with Crippen LogP contribution < -0.4 is 0 Å². The summed E-state index contributed by atoms with van der Waals surface area (Å²) in [4.78, 5) is 0. The fourth-order valence-electron chi connectivity index (χ4n) is 8.54. The Kier molecular flexibility index (Phi) is 15.0. The predicted octanol–water partition coefficient (Wildman–Crippen LogP) is 9.00. The van der Waals surface area contributed by atoms with Gasteiger partial charge in [-0.15, -0.1) is 0 Å². The molecule has 0 bridgehead atoms. The van der Waals surface area contributed by atoms with Crippen LogP contribution >= 0.6 is 0 Å². The van der Waals surface area contributed by atoms with Crippen molar-refractivity contribution >= 4 is 0 Å². The topological polar surface area (TPSA) is 92.3 Å². The average molecular weight is 865 g/mol. The second-order valence-corrected chi connectivity index (χ2v) is 16.5. The van der Waals surface area contributed by atoms with Gasteiger partial charge in [-0.05, 0) is 33.4 Å². The Morgan fingerprint density at radius 1 is 0.344 bits per heavy atom. The van der Waals surface area contributed by atoms with E-state index in [1.165, 1.54) is 0 Å². The molecule has 3 aliphatic rings. The monoisotopic (exact) mass is 864 g/mol. The molecule has 8 atom stereocenters. The number of benzene rings is 6. The molecule has 6 aromatic carbocycles. The first-order valence-corrected chi connectivity index (χ1v) is 22.1. The molecule has 0 N–H and O–H groups in total. The van der Waals surface area contributed by atoms with E-state index in [2.05, 4.69) is 0 Å². The van der Waals surface area contributed by atoms with Gasteiger partial charge < -0.3 is 47.4 Å². The number of hydrogen-bond acceptors (Lipinski definition) is 10. The summed E-state index contributed by atoms with van der Waals surface area (Å²) in [5, 5.41) is 0. The summed E-state index contributed by atoms with van der Waals surface area (Å²) in [6.07, 6.45) is -3.76. The van der Waals surface area contributed by atoms with Crippen molar-refractivity contribution in [3.63, 3.8) is 0 Å². The lowest BCUT2D eigenvalue weighted by molar-refractivity contribution is -0.406. The minimum Gasteiger partial charge on any atom is -0.374 e. The maximum atomic E-state index is 7.05. The zero-order valence-electron chi connectivity index (χ0n) is 35.9. The Labute approximate surface area is 375 Å². The van der Waals surface area contributed by atoms with Gasteiger partial charge in [0.05, 0.1) is 52.9 Å². The smallest absolute Gasteiger partial charge is 0.222 e. The summed E-state index contributed by atoms with van der Waals surface area (Å²) < 4.78 is 68.1. The van der Waals surface area contributed by atoms with E-state index >= 15 is 0 Å². The molecule has 332 valence electrons. The highest BCUT2D eigenvalue weighted by Crippen LogP contribution is 2.47. The van der Waals surface area contributed by atoms with Crippen LogP contribution in [0.1, 0.15) is 33.4 Å². The van der Waals surface area contributed by atoms with Gasteiger partial charge in [0.2, 0.25) is 11.6 Å². The standard InChI is InChI=1S/C54H56O10/c1-7-19-41(20-8-1)31-55-37-47-49(57-33-43-23-11-3-12-24-43)51(59-35-45-27-15-5-16-28-45)53(63-47)39-62-54(40-61-53)52(60-36-46-29-17-6-18-30-46)50(58-34-44-25-13-4-14-26-44)48(64-54)38-56-32-42-21-9-2-10-22-42/h1-30,47-52H,31-40H2/t47-,48+,49-,50-,51+,52+,53+,54+/m1/s1. The Morgan fingerprint density at radius 3 is 0.891 bits per heavy atom. The summed E-state index contributed by atoms with van der Waals surface area (Å²) in [5.41, 5.74) is 6.16. The molecule has 64 heavy (non-hydrogen) atoms. The Balaban J connectivity index is 1.00. The van der Waals surface area contributed by atoms with Gasteiger partial charge in [0.25, 0.3) is 0 Å². The van der Waals surface area contributed by atoms with E-state index in [9.17, 15) is 0 Å². The van der Waals surface area contributed by atoms with Gasteiger partial charge in [-0.25, -0.2) is 0 Å². The molecule has 9 rings (SSSR count). The first-order chi connectivity index (χ1) is 31.6. The van der Waals surface area contributed by atoms with E-state index in [0.717, 1.165) is 33.4 Å². The van der Waals surface area contributed by atoms with Crippen molar-refractivity contribution in [3.05, 3.63) is 215 Å². The van der Waals surface area contributed by atoms with E-state index in [-0.39, 0.29) is 26.4 Å². The lowest BCUT2D eigenvalue weighted by Gasteiger charge is -2.46. The van der Waals surface area contributed by atoms with Crippen molar-refractivity contribution in [2.45, 2.75) is 87.8 Å².